The largest absolute Gasteiger partial charge is 0.342 e. The molecule has 1 aromatic rings. The van der Waals surface area contributed by atoms with Crippen LogP contribution in [-0.4, -0.2) is 38.5 Å². The van der Waals surface area contributed by atoms with Gasteiger partial charge in [-0.25, -0.2) is 0 Å². The predicted molar refractivity (Wildman–Crippen MR) is 83.4 cm³/mol. The Morgan fingerprint density at radius 2 is 1.86 bits per heavy atom. The summed E-state index contributed by atoms with van der Waals surface area (Å²) in [4.78, 5) is 12.0. The Labute approximate surface area is 132 Å². The molecule has 0 aliphatic carbocycles. The number of piperidine rings is 1. The van der Waals surface area contributed by atoms with Crippen LogP contribution in [0.25, 0.3) is 0 Å². The van der Waals surface area contributed by atoms with E-state index in [1.807, 2.05) is 20.8 Å². The van der Waals surface area contributed by atoms with Crippen molar-refractivity contribution in [3.8, 4) is 0 Å². The molecule has 1 unspecified atom stereocenters. The Balaban J connectivity index is 2.29. The number of aryl methyl sites for hydroxylation is 1. The van der Waals surface area contributed by atoms with Crippen molar-refractivity contribution in [3.05, 3.63) is 29.8 Å². The van der Waals surface area contributed by atoms with Crippen LogP contribution in [0.2, 0.25) is 0 Å². The van der Waals surface area contributed by atoms with E-state index < -0.39 is 10.1 Å². The minimum Gasteiger partial charge on any atom is -0.293 e. The predicted octanol–water partition coefficient (Wildman–Crippen LogP) is 2.45. The van der Waals surface area contributed by atoms with Gasteiger partial charge in [-0.3, -0.25) is 4.79 Å². The summed E-state index contributed by atoms with van der Waals surface area (Å²) in [6, 6.07) is 6.57. The quantitative estimate of drug-likeness (QED) is 0.780. The van der Waals surface area contributed by atoms with Crippen LogP contribution in [0, 0.1) is 12.8 Å². The summed E-state index contributed by atoms with van der Waals surface area (Å²) in [7, 11) is -3.88. The van der Waals surface area contributed by atoms with Crippen LogP contribution in [0.15, 0.2) is 29.2 Å². The maximum absolute atomic E-state index is 12.6. The number of hydrogen-bond acceptors (Lipinski definition) is 4. The second kappa shape index (κ2) is 6.48. The number of carbonyl (C=O) groups excluding carboxylic acids is 1. The zero-order valence-corrected chi connectivity index (χ0v) is 14.2. The number of hydroxylamine groups is 3. The fourth-order valence-electron chi connectivity index (χ4n) is 2.92. The van der Waals surface area contributed by atoms with Crippen LogP contribution in [0.1, 0.15) is 32.3 Å². The molecule has 1 aromatic carbocycles. The van der Waals surface area contributed by atoms with Gasteiger partial charge in [0, 0.05) is 18.8 Å². The van der Waals surface area contributed by atoms with E-state index in [1.165, 1.54) is 0 Å². The highest BCUT2D eigenvalue weighted by atomic mass is 32.2. The van der Waals surface area contributed by atoms with E-state index in [0.717, 1.165) is 5.56 Å². The molecule has 0 amide bonds. The summed E-state index contributed by atoms with van der Waals surface area (Å²) in [5, 5.41) is 0. The highest BCUT2D eigenvalue weighted by molar-refractivity contribution is 7.86. The topological polar surface area (TPSA) is 60.4 Å². The van der Waals surface area contributed by atoms with Crippen molar-refractivity contribution in [1.29, 1.82) is 0 Å². The van der Waals surface area contributed by atoms with Gasteiger partial charge >= 0.3 is 10.1 Å². The van der Waals surface area contributed by atoms with Crippen LogP contribution in [0.5, 0.6) is 0 Å². The normalized spacial score (nSPS) is 23.0. The molecule has 0 bridgehead atoms. The summed E-state index contributed by atoms with van der Waals surface area (Å²) in [6.07, 6.45) is 1.17. The van der Waals surface area contributed by atoms with E-state index >= 15 is 0 Å². The first-order valence-corrected chi connectivity index (χ1v) is 9.04. The first-order valence-electron chi connectivity index (χ1n) is 7.63. The number of hydrogen-bond donors (Lipinski definition) is 0. The molecule has 122 valence electrons. The molecular weight excluding hydrogens is 302 g/mol. The molecule has 1 saturated heterocycles. The van der Waals surface area contributed by atoms with Crippen molar-refractivity contribution in [2.45, 2.75) is 38.5 Å². The summed E-state index contributed by atoms with van der Waals surface area (Å²) >= 11 is 0. The molecule has 22 heavy (non-hydrogen) atoms. The smallest absolute Gasteiger partial charge is 0.293 e. The summed E-state index contributed by atoms with van der Waals surface area (Å²) in [6.45, 7) is 7.09. The number of rotatable bonds is 5. The first kappa shape index (κ1) is 17.1. The lowest BCUT2D eigenvalue weighted by Crippen LogP contribution is -2.56. The van der Waals surface area contributed by atoms with Gasteiger partial charge in [0.2, 0.25) is 0 Å². The Morgan fingerprint density at radius 1 is 1.23 bits per heavy atom. The van der Waals surface area contributed by atoms with Gasteiger partial charge in [0.1, 0.15) is 13.1 Å². The molecular formula is C16H24NO4S+. The molecule has 1 aliphatic heterocycles. The van der Waals surface area contributed by atoms with Gasteiger partial charge in [-0.2, -0.15) is 13.1 Å². The first-order chi connectivity index (χ1) is 10.2. The lowest BCUT2D eigenvalue weighted by molar-refractivity contribution is -1.08. The highest BCUT2D eigenvalue weighted by Gasteiger charge is 2.42. The van der Waals surface area contributed by atoms with Crippen LogP contribution in [0.4, 0.5) is 0 Å². The standard InChI is InChI=1S/C16H24NO4S/c1-13(2)11-17(10-4-5-15(18)12-17)21-22(19,20)16-8-6-14(3)7-9-16/h6-9,13H,4-5,10-12H2,1-3H3/q+1. The number of quaternary nitrogens is 1. The number of ketones is 1. The Hall–Kier alpha value is -1.24. The third kappa shape index (κ3) is 4.15. The van der Waals surface area contributed by atoms with E-state index in [1.54, 1.807) is 24.3 Å². The molecule has 1 aliphatic rings. The van der Waals surface area contributed by atoms with E-state index in [9.17, 15) is 13.2 Å². The van der Waals surface area contributed by atoms with Crippen LogP contribution < -0.4 is 0 Å². The number of nitrogens with zero attached hydrogens (tertiary/aromatic N) is 1. The number of carbonyl (C=O) groups is 1. The number of benzene rings is 1. The number of likely N-dealkylation sites (tertiary alicyclic amines) is 1. The van der Waals surface area contributed by atoms with Crippen LogP contribution >= 0.6 is 0 Å². The van der Waals surface area contributed by atoms with E-state index in [0.29, 0.717) is 25.9 Å². The van der Waals surface area contributed by atoms with Crippen molar-refractivity contribution < 1.29 is 22.1 Å². The van der Waals surface area contributed by atoms with Gasteiger partial charge in [0.05, 0.1) is 4.90 Å². The Morgan fingerprint density at radius 3 is 2.41 bits per heavy atom. The molecule has 1 atom stereocenters. The van der Waals surface area contributed by atoms with Gasteiger partial charge in [0.15, 0.2) is 12.3 Å². The summed E-state index contributed by atoms with van der Waals surface area (Å²) < 4.78 is 30.6. The Bertz CT molecular complexity index is 637. The van der Waals surface area contributed by atoms with Crippen molar-refractivity contribution in [2.75, 3.05) is 19.6 Å². The zero-order chi connectivity index (χ0) is 16.4. The molecule has 1 heterocycles. The second-order valence-electron chi connectivity index (χ2n) is 6.50. The molecule has 0 spiro atoms. The van der Waals surface area contributed by atoms with E-state index in [2.05, 4.69) is 0 Å². The van der Waals surface area contributed by atoms with Crippen LogP contribution in [0.3, 0.4) is 0 Å². The van der Waals surface area contributed by atoms with Crippen molar-refractivity contribution in [3.63, 3.8) is 0 Å². The lowest BCUT2D eigenvalue weighted by Gasteiger charge is -2.37. The SMILES string of the molecule is Cc1ccc(S(=O)(=O)O[N+]2(CC(C)C)CCCC(=O)C2)cc1. The maximum atomic E-state index is 12.6. The van der Waals surface area contributed by atoms with Gasteiger partial charge in [0.25, 0.3) is 0 Å². The lowest BCUT2D eigenvalue weighted by atomic mass is 10.1. The third-order valence-electron chi connectivity index (χ3n) is 3.75. The minimum atomic E-state index is -3.88. The van der Waals surface area contributed by atoms with Crippen molar-refractivity contribution >= 4 is 15.9 Å². The second-order valence-corrected chi connectivity index (χ2v) is 8.03. The molecule has 2 rings (SSSR count). The summed E-state index contributed by atoms with van der Waals surface area (Å²) in [5.74, 6) is 0.296. The molecule has 6 heteroatoms. The Kier molecular flexibility index (Phi) is 5.04. The average Bonchev–Trinajstić information content (AvgIpc) is 2.37. The van der Waals surface area contributed by atoms with E-state index in [-0.39, 0.29) is 27.8 Å². The minimum absolute atomic E-state index is 0.0611. The monoisotopic (exact) mass is 326 g/mol. The highest BCUT2D eigenvalue weighted by Crippen LogP contribution is 2.25. The van der Waals surface area contributed by atoms with Crippen LogP contribution in [-0.2, 0) is 19.2 Å². The van der Waals surface area contributed by atoms with Gasteiger partial charge in [-0.05, 0) is 19.1 Å². The molecule has 1 fully saturated rings. The summed E-state index contributed by atoms with van der Waals surface area (Å²) in [5.41, 5.74) is 0.984. The van der Waals surface area contributed by atoms with Crippen molar-refractivity contribution in [1.82, 2.24) is 0 Å². The fraction of sp³-hybridized carbons (Fsp3) is 0.562. The average molecular weight is 326 g/mol. The molecule has 0 aromatic heterocycles. The molecule has 0 saturated carbocycles. The molecule has 5 nitrogen and oxygen atoms in total. The van der Waals surface area contributed by atoms with E-state index in [4.69, 9.17) is 4.28 Å². The molecule has 0 N–H and O–H groups in total. The maximum Gasteiger partial charge on any atom is 0.342 e. The fourth-order valence-corrected chi connectivity index (χ4v) is 4.08. The van der Waals surface area contributed by atoms with Gasteiger partial charge < -0.3 is 0 Å². The molecule has 0 radical (unpaired) electrons. The van der Waals surface area contributed by atoms with Gasteiger partial charge in [-0.15, -0.1) is 0 Å². The third-order valence-corrected chi connectivity index (χ3v) is 5.11. The van der Waals surface area contributed by atoms with Gasteiger partial charge in [-0.1, -0.05) is 35.8 Å². The number of Topliss-reactive ketones (excluding diaryl/α,β-unsaturated/α-hetero) is 1. The van der Waals surface area contributed by atoms with Crippen molar-refractivity contribution in [2.24, 2.45) is 5.92 Å². The zero-order valence-electron chi connectivity index (χ0n) is 13.4.